The molecule has 0 N–H and O–H groups in total. The van der Waals surface area contributed by atoms with Gasteiger partial charge in [0.15, 0.2) is 0 Å². The third kappa shape index (κ3) is 1.80. The number of benzene rings is 1. The Bertz CT molecular complexity index is 551. The van der Waals surface area contributed by atoms with Crippen molar-refractivity contribution in [1.29, 1.82) is 0 Å². The molecule has 0 nitrogen and oxygen atoms in total. The first-order valence-corrected chi connectivity index (χ1v) is 8.48. The van der Waals surface area contributed by atoms with E-state index in [4.69, 9.17) is 0 Å². The Kier molecular flexibility index (Phi) is 2.84. The van der Waals surface area contributed by atoms with Gasteiger partial charge in [0.05, 0.1) is 0 Å². The molecule has 1 aromatic rings. The highest BCUT2D eigenvalue weighted by atomic mass is 14.5. The van der Waals surface area contributed by atoms with Crippen molar-refractivity contribution in [2.24, 2.45) is 17.8 Å². The maximum absolute atomic E-state index is 2.59. The summed E-state index contributed by atoms with van der Waals surface area (Å²) in [6, 6.07) is 7.42. The third-order valence-electron chi connectivity index (χ3n) is 5.93. The van der Waals surface area contributed by atoms with Gasteiger partial charge >= 0.3 is 0 Å². The number of hydrogen-bond acceptors (Lipinski definition) is 0. The molecule has 20 heavy (non-hydrogen) atoms. The van der Waals surface area contributed by atoms with Gasteiger partial charge in [0.1, 0.15) is 0 Å². The molecule has 3 atom stereocenters. The van der Waals surface area contributed by atoms with Crippen LogP contribution >= 0.6 is 0 Å². The molecule has 1 saturated carbocycles. The molecular weight excluding hydrogens is 240 g/mol. The molecule has 1 spiro atoms. The van der Waals surface area contributed by atoms with Gasteiger partial charge in [-0.25, -0.2) is 0 Å². The fourth-order valence-corrected chi connectivity index (χ4v) is 5.18. The second kappa shape index (κ2) is 4.48. The van der Waals surface area contributed by atoms with Crippen LogP contribution in [0.25, 0.3) is 0 Å². The van der Waals surface area contributed by atoms with Crippen molar-refractivity contribution in [3.63, 3.8) is 0 Å². The molecule has 0 heteroatoms. The largest absolute Gasteiger partial charge is 0.0851 e. The monoisotopic (exact) mass is 266 g/mol. The summed E-state index contributed by atoms with van der Waals surface area (Å²) in [4.78, 5) is 0. The Morgan fingerprint density at radius 3 is 2.85 bits per heavy atom. The van der Waals surface area contributed by atoms with E-state index in [1.165, 1.54) is 38.5 Å². The van der Waals surface area contributed by atoms with Crippen molar-refractivity contribution in [3.8, 4) is 0 Å². The molecule has 3 aliphatic rings. The number of hydrogen-bond donors (Lipinski definition) is 0. The summed E-state index contributed by atoms with van der Waals surface area (Å²) in [7, 11) is 0. The summed E-state index contributed by atoms with van der Waals surface area (Å²) >= 11 is 0. The van der Waals surface area contributed by atoms with Crippen LogP contribution < -0.4 is 0 Å². The molecule has 0 aromatic heterocycles. The van der Waals surface area contributed by atoms with Crippen LogP contribution in [0, 0.1) is 17.8 Å². The lowest BCUT2D eigenvalue weighted by molar-refractivity contribution is 0.303. The third-order valence-corrected chi connectivity index (χ3v) is 5.93. The van der Waals surface area contributed by atoms with Crippen LogP contribution in [0.3, 0.4) is 0 Å². The first-order valence-electron chi connectivity index (χ1n) is 8.48. The van der Waals surface area contributed by atoms with E-state index in [2.05, 4.69) is 44.2 Å². The van der Waals surface area contributed by atoms with E-state index in [9.17, 15) is 0 Å². The molecule has 0 amide bonds. The van der Waals surface area contributed by atoms with Gasteiger partial charge in [-0.05, 0) is 73.0 Å². The normalized spacial score (nSPS) is 34.1. The summed E-state index contributed by atoms with van der Waals surface area (Å²) in [6.07, 6.45) is 13.2. The summed E-state index contributed by atoms with van der Waals surface area (Å²) in [6.45, 7) is 4.66. The van der Waals surface area contributed by atoms with E-state index in [1.807, 2.05) is 0 Å². The second-order valence-corrected chi connectivity index (χ2v) is 7.79. The van der Waals surface area contributed by atoms with Gasteiger partial charge in [-0.3, -0.25) is 0 Å². The SMILES string of the molecule is CC(C)Cc1ccc2c(c1)C1(CCC2)CC2C=CC1C2. The van der Waals surface area contributed by atoms with Crippen molar-refractivity contribution < 1.29 is 0 Å². The molecular formula is C20H26. The molecule has 1 fully saturated rings. The second-order valence-electron chi connectivity index (χ2n) is 7.79. The standard InChI is InChI=1S/C20H26/c1-14(2)10-15-5-7-17-4-3-9-20(19(17)12-15)13-16-6-8-18(20)11-16/h5-8,12,14,16,18H,3-4,9-11,13H2,1-2H3. The zero-order chi connectivity index (χ0) is 13.7. The van der Waals surface area contributed by atoms with Crippen molar-refractivity contribution in [1.82, 2.24) is 0 Å². The minimum atomic E-state index is 0.514. The Morgan fingerprint density at radius 2 is 2.15 bits per heavy atom. The smallest absolute Gasteiger partial charge is 0.00244 e. The Labute approximate surface area is 123 Å². The van der Waals surface area contributed by atoms with Crippen LogP contribution in [0.4, 0.5) is 0 Å². The predicted molar refractivity (Wildman–Crippen MR) is 85.0 cm³/mol. The van der Waals surface area contributed by atoms with Crippen molar-refractivity contribution in [3.05, 3.63) is 47.0 Å². The lowest BCUT2D eigenvalue weighted by atomic mass is 9.63. The van der Waals surface area contributed by atoms with Gasteiger partial charge in [0.2, 0.25) is 0 Å². The number of aryl methyl sites for hydroxylation is 1. The Hall–Kier alpha value is -1.04. The quantitative estimate of drug-likeness (QED) is 0.657. The first kappa shape index (κ1) is 12.7. The highest BCUT2D eigenvalue weighted by molar-refractivity contribution is 5.44. The van der Waals surface area contributed by atoms with Crippen LogP contribution in [0.2, 0.25) is 0 Å². The zero-order valence-electron chi connectivity index (χ0n) is 12.9. The van der Waals surface area contributed by atoms with Gasteiger partial charge in [-0.1, -0.05) is 44.2 Å². The lowest BCUT2D eigenvalue weighted by Gasteiger charge is -2.41. The van der Waals surface area contributed by atoms with Gasteiger partial charge in [0, 0.05) is 5.41 Å². The molecule has 3 unspecified atom stereocenters. The fourth-order valence-electron chi connectivity index (χ4n) is 5.18. The minimum absolute atomic E-state index is 0.514. The minimum Gasteiger partial charge on any atom is -0.0851 e. The molecule has 0 radical (unpaired) electrons. The van der Waals surface area contributed by atoms with Crippen molar-refractivity contribution in [2.75, 3.05) is 0 Å². The highest BCUT2D eigenvalue weighted by Crippen LogP contribution is 2.58. The first-order chi connectivity index (χ1) is 9.67. The van der Waals surface area contributed by atoms with Crippen molar-refractivity contribution >= 4 is 0 Å². The predicted octanol–water partition coefficient (Wildman–Crippen LogP) is 5.06. The van der Waals surface area contributed by atoms with Crippen LogP contribution in [-0.4, -0.2) is 0 Å². The summed E-state index contributed by atoms with van der Waals surface area (Å²) < 4.78 is 0. The zero-order valence-corrected chi connectivity index (χ0v) is 12.9. The maximum Gasteiger partial charge on any atom is 0.00244 e. The van der Waals surface area contributed by atoms with Crippen LogP contribution in [-0.2, 0) is 18.3 Å². The Balaban J connectivity index is 1.78. The highest BCUT2D eigenvalue weighted by Gasteiger charge is 2.50. The molecule has 0 heterocycles. The molecule has 2 bridgehead atoms. The molecule has 4 rings (SSSR count). The van der Waals surface area contributed by atoms with E-state index in [-0.39, 0.29) is 0 Å². The summed E-state index contributed by atoms with van der Waals surface area (Å²) in [5.41, 5.74) is 5.47. The number of allylic oxidation sites excluding steroid dienone is 2. The topological polar surface area (TPSA) is 0 Å². The molecule has 0 saturated heterocycles. The van der Waals surface area contributed by atoms with E-state index in [0.717, 1.165) is 17.8 Å². The van der Waals surface area contributed by atoms with Crippen LogP contribution in [0.15, 0.2) is 30.4 Å². The van der Waals surface area contributed by atoms with Crippen molar-refractivity contribution in [2.45, 2.75) is 57.8 Å². The molecule has 106 valence electrons. The lowest BCUT2D eigenvalue weighted by Crippen LogP contribution is -2.35. The van der Waals surface area contributed by atoms with E-state index >= 15 is 0 Å². The van der Waals surface area contributed by atoms with Crippen LogP contribution in [0.1, 0.15) is 56.2 Å². The van der Waals surface area contributed by atoms with E-state index < -0.39 is 0 Å². The molecule has 1 aromatic carbocycles. The summed E-state index contributed by atoms with van der Waals surface area (Å²) in [5, 5.41) is 0. The number of rotatable bonds is 2. The average Bonchev–Trinajstić information content (AvgIpc) is 3.00. The molecule has 0 aliphatic heterocycles. The summed E-state index contributed by atoms with van der Waals surface area (Å²) in [5.74, 6) is 2.47. The number of fused-ring (bicyclic) bond motifs is 5. The Morgan fingerprint density at radius 1 is 1.25 bits per heavy atom. The molecule has 3 aliphatic carbocycles. The van der Waals surface area contributed by atoms with Crippen LogP contribution in [0.5, 0.6) is 0 Å². The maximum atomic E-state index is 2.59. The van der Waals surface area contributed by atoms with E-state index in [0.29, 0.717) is 5.41 Å². The van der Waals surface area contributed by atoms with Gasteiger partial charge < -0.3 is 0 Å². The fraction of sp³-hybridized carbons (Fsp3) is 0.600. The van der Waals surface area contributed by atoms with E-state index in [1.54, 1.807) is 16.7 Å². The average molecular weight is 266 g/mol. The van der Waals surface area contributed by atoms with Gasteiger partial charge in [0.25, 0.3) is 0 Å². The van der Waals surface area contributed by atoms with Gasteiger partial charge in [-0.15, -0.1) is 0 Å². The van der Waals surface area contributed by atoms with Gasteiger partial charge in [-0.2, -0.15) is 0 Å².